The van der Waals surface area contributed by atoms with Crippen LogP contribution in [0.3, 0.4) is 0 Å². The van der Waals surface area contributed by atoms with Crippen molar-refractivity contribution in [1.29, 1.82) is 0 Å². The minimum absolute atomic E-state index is 0.443. The topological polar surface area (TPSA) is 77.9 Å². The standard InChI is InChI=1S/C19H18ClN3O2S/c1-26-11-10-16(19(24)25)22-18-14-4-2-3-5-15(14)21-17(23-18)12-6-8-13(20)9-7-12/h2-9,16H,10-11H2,1H3,(H,24,25)(H,21,22,23)/p-1/t16-/m1/s1. The quantitative estimate of drug-likeness (QED) is 0.671. The number of carboxylic acids is 1. The zero-order valence-corrected chi connectivity index (χ0v) is 15.7. The van der Waals surface area contributed by atoms with Gasteiger partial charge in [0.05, 0.1) is 17.5 Å². The predicted octanol–water partition coefficient (Wildman–Crippen LogP) is 3.23. The van der Waals surface area contributed by atoms with E-state index in [9.17, 15) is 9.90 Å². The largest absolute Gasteiger partial charge is 0.548 e. The van der Waals surface area contributed by atoms with Crippen LogP contribution < -0.4 is 10.4 Å². The van der Waals surface area contributed by atoms with E-state index in [2.05, 4.69) is 15.3 Å². The SMILES string of the molecule is CSCC[C@@H](Nc1nc(-c2ccc(Cl)cc2)nc2ccccc12)C(=O)[O-]. The molecule has 0 radical (unpaired) electrons. The molecule has 26 heavy (non-hydrogen) atoms. The van der Waals surface area contributed by atoms with Crippen molar-refractivity contribution in [2.45, 2.75) is 12.5 Å². The lowest BCUT2D eigenvalue weighted by molar-refractivity contribution is -0.306. The van der Waals surface area contributed by atoms with Crippen molar-refractivity contribution in [3.05, 3.63) is 53.6 Å². The molecule has 0 aliphatic carbocycles. The van der Waals surface area contributed by atoms with Gasteiger partial charge in [-0.25, -0.2) is 9.97 Å². The highest BCUT2D eigenvalue weighted by molar-refractivity contribution is 7.98. The molecule has 0 aliphatic rings. The summed E-state index contributed by atoms with van der Waals surface area (Å²) >= 11 is 7.54. The van der Waals surface area contributed by atoms with Crippen LogP contribution in [0, 0.1) is 0 Å². The van der Waals surface area contributed by atoms with Gasteiger partial charge in [-0.15, -0.1) is 0 Å². The number of carbonyl (C=O) groups excluding carboxylic acids is 1. The number of hydrogen-bond acceptors (Lipinski definition) is 6. The molecule has 1 atom stereocenters. The summed E-state index contributed by atoms with van der Waals surface area (Å²) in [5.74, 6) is 0.550. The predicted molar refractivity (Wildman–Crippen MR) is 105 cm³/mol. The van der Waals surface area contributed by atoms with Gasteiger partial charge in [-0.05, 0) is 54.8 Å². The highest BCUT2D eigenvalue weighted by atomic mass is 35.5. The molecular weight excluding hydrogens is 370 g/mol. The van der Waals surface area contributed by atoms with Crippen molar-refractivity contribution in [1.82, 2.24) is 9.97 Å². The van der Waals surface area contributed by atoms with E-state index in [1.165, 1.54) is 0 Å². The Hall–Kier alpha value is -2.31. The second kappa shape index (κ2) is 8.38. The zero-order chi connectivity index (χ0) is 18.5. The Kier molecular flexibility index (Phi) is 5.96. The van der Waals surface area contributed by atoms with Crippen LogP contribution in [0.15, 0.2) is 48.5 Å². The van der Waals surface area contributed by atoms with Gasteiger partial charge in [0.1, 0.15) is 5.82 Å². The summed E-state index contributed by atoms with van der Waals surface area (Å²) in [6.07, 6.45) is 2.38. The van der Waals surface area contributed by atoms with Gasteiger partial charge in [0.15, 0.2) is 5.82 Å². The maximum Gasteiger partial charge on any atom is 0.162 e. The molecule has 0 aliphatic heterocycles. The van der Waals surface area contributed by atoms with Crippen molar-refractivity contribution >= 4 is 46.1 Å². The summed E-state index contributed by atoms with van der Waals surface area (Å²) in [6.45, 7) is 0. The summed E-state index contributed by atoms with van der Waals surface area (Å²) in [5, 5.41) is 15.9. The Balaban J connectivity index is 2.04. The molecule has 0 unspecified atom stereocenters. The minimum Gasteiger partial charge on any atom is -0.548 e. The number of rotatable bonds is 7. The van der Waals surface area contributed by atoms with Gasteiger partial charge in [0, 0.05) is 16.0 Å². The minimum atomic E-state index is -1.14. The molecule has 2 aromatic carbocycles. The third kappa shape index (κ3) is 4.26. The molecule has 0 saturated carbocycles. The Morgan fingerprint density at radius 3 is 2.62 bits per heavy atom. The number of fused-ring (bicyclic) bond motifs is 1. The molecule has 0 amide bonds. The maximum atomic E-state index is 11.5. The first-order chi connectivity index (χ1) is 12.6. The first-order valence-corrected chi connectivity index (χ1v) is 9.84. The van der Waals surface area contributed by atoms with Crippen molar-refractivity contribution in [2.24, 2.45) is 0 Å². The van der Waals surface area contributed by atoms with Crippen molar-refractivity contribution < 1.29 is 9.90 Å². The molecule has 0 fully saturated rings. The second-order valence-electron chi connectivity index (χ2n) is 5.72. The summed E-state index contributed by atoms with van der Waals surface area (Å²) in [4.78, 5) is 20.7. The highest BCUT2D eigenvalue weighted by Gasteiger charge is 2.15. The van der Waals surface area contributed by atoms with Crippen molar-refractivity contribution in [3.63, 3.8) is 0 Å². The van der Waals surface area contributed by atoms with Gasteiger partial charge >= 0.3 is 0 Å². The van der Waals surface area contributed by atoms with E-state index >= 15 is 0 Å². The normalized spacial score (nSPS) is 12.1. The lowest BCUT2D eigenvalue weighted by Crippen LogP contribution is -2.41. The lowest BCUT2D eigenvalue weighted by atomic mass is 10.1. The zero-order valence-electron chi connectivity index (χ0n) is 14.1. The van der Waals surface area contributed by atoms with Gasteiger partial charge in [-0.3, -0.25) is 0 Å². The lowest BCUT2D eigenvalue weighted by Gasteiger charge is -2.21. The molecule has 3 rings (SSSR count). The third-order valence-corrected chi connectivity index (χ3v) is 4.81. The fourth-order valence-electron chi connectivity index (χ4n) is 2.56. The Morgan fingerprint density at radius 1 is 1.19 bits per heavy atom. The van der Waals surface area contributed by atoms with E-state index in [0.29, 0.717) is 28.8 Å². The first-order valence-electron chi connectivity index (χ1n) is 8.07. The fraction of sp³-hybridized carbons (Fsp3) is 0.211. The maximum absolute atomic E-state index is 11.5. The number of halogens is 1. The van der Waals surface area contributed by atoms with E-state index in [-0.39, 0.29) is 0 Å². The molecule has 1 N–H and O–H groups in total. The highest BCUT2D eigenvalue weighted by Crippen LogP contribution is 2.26. The molecule has 0 spiro atoms. The summed E-state index contributed by atoms with van der Waals surface area (Å²) in [7, 11) is 0. The number of carboxylic acid groups (broad SMARTS) is 1. The molecule has 0 saturated heterocycles. The van der Waals surface area contributed by atoms with Crippen LogP contribution in [0.4, 0.5) is 5.82 Å². The number of aliphatic carboxylic acids is 1. The monoisotopic (exact) mass is 386 g/mol. The number of nitrogens with zero attached hydrogens (tertiary/aromatic N) is 2. The van der Waals surface area contributed by atoms with Crippen LogP contribution in [0.25, 0.3) is 22.3 Å². The summed E-state index contributed by atoms with van der Waals surface area (Å²) < 4.78 is 0. The number of para-hydroxylation sites is 1. The molecular formula is C19H17ClN3O2S-. The van der Waals surface area contributed by atoms with Crippen molar-refractivity contribution in [3.8, 4) is 11.4 Å². The van der Waals surface area contributed by atoms with Gasteiger partial charge in [0.25, 0.3) is 0 Å². The number of carbonyl (C=O) groups is 1. The van der Waals surface area contributed by atoms with Crippen LogP contribution in [0.5, 0.6) is 0 Å². The second-order valence-corrected chi connectivity index (χ2v) is 7.14. The first kappa shape index (κ1) is 18.5. The molecule has 3 aromatic rings. The van der Waals surface area contributed by atoms with Gasteiger partial charge in [-0.1, -0.05) is 23.7 Å². The van der Waals surface area contributed by atoms with Crippen LogP contribution in [-0.4, -0.2) is 34.0 Å². The van der Waals surface area contributed by atoms with E-state index in [0.717, 1.165) is 16.5 Å². The van der Waals surface area contributed by atoms with E-state index in [1.807, 2.05) is 42.7 Å². The van der Waals surface area contributed by atoms with E-state index in [4.69, 9.17) is 11.6 Å². The number of nitrogens with one attached hydrogen (secondary N) is 1. The van der Waals surface area contributed by atoms with Gasteiger partial charge < -0.3 is 15.2 Å². The number of thioether (sulfide) groups is 1. The Morgan fingerprint density at radius 2 is 1.92 bits per heavy atom. The molecule has 1 heterocycles. The molecule has 7 heteroatoms. The fourth-order valence-corrected chi connectivity index (χ4v) is 3.16. The summed E-state index contributed by atoms with van der Waals surface area (Å²) in [6, 6.07) is 13.9. The smallest absolute Gasteiger partial charge is 0.162 e. The average molecular weight is 387 g/mol. The number of hydrogen-bond donors (Lipinski definition) is 1. The molecule has 134 valence electrons. The van der Waals surface area contributed by atoms with Crippen LogP contribution >= 0.6 is 23.4 Å². The molecule has 1 aromatic heterocycles. The van der Waals surface area contributed by atoms with Gasteiger partial charge in [0.2, 0.25) is 0 Å². The average Bonchev–Trinajstić information content (AvgIpc) is 2.65. The number of aromatic nitrogens is 2. The number of benzene rings is 2. The third-order valence-electron chi connectivity index (χ3n) is 3.91. The van der Waals surface area contributed by atoms with Crippen LogP contribution in [-0.2, 0) is 4.79 Å². The molecule has 0 bridgehead atoms. The Bertz CT molecular complexity index is 918. The van der Waals surface area contributed by atoms with E-state index < -0.39 is 12.0 Å². The van der Waals surface area contributed by atoms with Crippen LogP contribution in [0.1, 0.15) is 6.42 Å². The van der Waals surface area contributed by atoms with Gasteiger partial charge in [-0.2, -0.15) is 11.8 Å². The number of anilines is 1. The van der Waals surface area contributed by atoms with E-state index in [1.54, 1.807) is 23.9 Å². The Labute approximate surface area is 160 Å². The summed E-state index contributed by atoms with van der Waals surface area (Å²) in [5.41, 5.74) is 1.54. The van der Waals surface area contributed by atoms with Crippen molar-refractivity contribution in [2.75, 3.05) is 17.3 Å². The van der Waals surface area contributed by atoms with Crippen LogP contribution in [0.2, 0.25) is 5.02 Å². The molecule has 5 nitrogen and oxygen atoms in total.